The highest BCUT2D eigenvalue weighted by Gasteiger charge is 2.33. The van der Waals surface area contributed by atoms with Crippen molar-refractivity contribution < 1.29 is 9.59 Å². The molecule has 1 saturated heterocycles. The number of nitrogens with one attached hydrogen (secondary N) is 1. The molecular formula is C14H18ClN3O2. The van der Waals surface area contributed by atoms with Crippen LogP contribution in [0.2, 0.25) is 5.02 Å². The second-order valence-corrected chi connectivity index (χ2v) is 5.42. The first-order chi connectivity index (χ1) is 9.52. The third-order valence-corrected chi connectivity index (χ3v) is 3.87. The molecule has 20 heavy (non-hydrogen) atoms. The van der Waals surface area contributed by atoms with Crippen LogP contribution in [-0.4, -0.2) is 33.8 Å². The van der Waals surface area contributed by atoms with Crippen LogP contribution >= 0.6 is 11.6 Å². The zero-order chi connectivity index (χ0) is 14.7. The molecule has 0 bridgehead atoms. The molecule has 0 saturated carbocycles. The maximum absolute atomic E-state index is 12.5. The topological polar surface area (TPSA) is 62.3 Å². The van der Waals surface area contributed by atoms with Crippen LogP contribution < -0.4 is 5.32 Å². The Kier molecular flexibility index (Phi) is 4.60. The first-order valence-corrected chi connectivity index (χ1v) is 7.09. The fourth-order valence-corrected chi connectivity index (χ4v) is 2.52. The van der Waals surface area contributed by atoms with E-state index in [0.717, 1.165) is 5.56 Å². The lowest BCUT2D eigenvalue weighted by Crippen LogP contribution is -2.45. The van der Waals surface area contributed by atoms with Gasteiger partial charge >= 0.3 is 0 Å². The van der Waals surface area contributed by atoms with Gasteiger partial charge in [-0.1, -0.05) is 18.5 Å². The van der Waals surface area contributed by atoms with Gasteiger partial charge in [-0.05, 0) is 25.0 Å². The summed E-state index contributed by atoms with van der Waals surface area (Å²) in [6.07, 6.45) is 4.10. The number of carbonyl (C=O) groups is 2. The zero-order valence-corrected chi connectivity index (χ0v) is 12.4. The molecular weight excluding hydrogens is 278 g/mol. The third-order valence-electron chi connectivity index (χ3n) is 3.53. The van der Waals surface area contributed by atoms with Crippen LogP contribution in [0.5, 0.6) is 0 Å². The van der Waals surface area contributed by atoms with E-state index < -0.39 is 6.04 Å². The Bertz CT molecular complexity index is 521. The van der Waals surface area contributed by atoms with Crippen LogP contribution in [-0.2, 0) is 16.1 Å². The molecule has 6 heteroatoms. The summed E-state index contributed by atoms with van der Waals surface area (Å²) in [6.45, 7) is 4.16. The summed E-state index contributed by atoms with van der Waals surface area (Å²) < 4.78 is 0. The highest BCUT2D eigenvalue weighted by Crippen LogP contribution is 2.20. The Morgan fingerprint density at radius 1 is 1.50 bits per heavy atom. The van der Waals surface area contributed by atoms with Crippen LogP contribution in [0.25, 0.3) is 0 Å². The van der Waals surface area contributed by atoms with Crippen LogP contribution in [0.1, 0.15) is 32.3 Å². The van der Waals surface area contributed by atoms with E-state index in [1.54, 1.807) is 23.4 Å². The maximum atomic E-state index is 12.5. The van der Waals surface area contributed by atoms with Crippen molar-refractivity contribution >= 4 is 23.4 Å². The van der Waals surface area contributed by atoms with Gasteiger partial charge in [-0.15, -0.1) is 0 Å². The van der Waals surface area contributed by atoms with Gasteiger partial charge in [0.15, 0.2) is 0 Å². The standard InChI is InChI=1S/C14H18ClN3O2/c1-3-12-14(20)18(9(2)6-13(19)17-12)8-10-4-5-16-7-11(10)15/h4-5,7,9,12H,3,6,8H2,1-2H3,(H,17,19). The molecule has 108 valence electrons. The highest BCUT2D eigenvalue weighted by molar-refractivity contribution is 6.31. The van der Waals surface area contributed by atoms with Gasteiger partial charge in [0.2, 0.25) is 11.8 Å². The summed E-state index contributed by atoms with van der Waals surface area (Å²) in [5, 5.41) is 3.30. The van der Waals surface area contributed by atoms with Crippen molar-refractivity contribution in [2.45, 2.75) is 45.3 Å². The molecule has 0 radical (unpaired) electrons. The molecule has 1 aromatic heterocycles. The number of nitrogens with zero attached hydrogens (tertiary/aromatic N) is 2. The molecule has 2 heterocycles. The van der Waals surface area contributed by atoms with Crippen molar-refractivity contribution in [3.63, 3.8) is 0 Å². The Labute approximate surface area is 123 Å². The van der Waals surface area contributed by atoms with E-state index in [-0.39, 0.29) is 17.9 Å². The normalized spacial score (nSPS) is 23.4. The quantitative estimate of drug-likeness (QED) is 0.924. The van der Waals surface area contributed by atoms with Gasteiger partial charge < -0.3 is 10.2 Å². The van der Waals surface area contributed by atoms with Crippen LogP contribution in [0.4, 0.5) is 0 Å². The van der Waals surface area contributed by atoms with Gasteiger partial charge in [-0.25, -0.2) is 0 Å². The molecule has 1 aromatic rings. The predicted molar refractivity (Wildman–Crippen MR) is 76.1 cm³/mol. The lowest BCUT2D eigenvalue weighted by atomic mass is 10.1. The Hall–Kier alpha value is -1.62. The summed E-state index contributed by atoms with van der Waals surface area (Å²) >= 11 is 6.10. The van der Waals surface area contributed by atoms with Gasteiger partial charge in [0.05, 0.1) is 5.02 Å². The van der Waals surface area contributed by atoms with Crippen molar-refractivity contribution in [3.8, 4) is 0 Å². The number of pyridine rings is 1. The molecule has 5 nitrogen and oxygen atoms in total. The Morgan fingerprint density at radius 2 is 2.25 bits per heavy atom. The largest absolute Gasteiger partial charge is 0.344 e. The fraction of sp³-hybridized carbons (Fsp3) is 0.500. The molecule has 2 amide bonds. The summed E-state index contributed by atoms with van der Waals surface area (Å²) in [5.74, 6) is -0.139. The molecule has 1 aliphatic rings. The zero-order valence-electron chi connectivity index (χ0n) is 11.6. The number of aromatic nitrogens is 1. The van der Waals surface area contributed by atoms with Crippen molar-refractivity contribution in [1.29, 1.82) is 0 Å². The monoisotopic (exact) mass is 295 g/mol. The first kappa shape index (κ1) is 14.8. The lowest BCUT2D eigenvalue weighted by molar-refractivity contribution is -0.135. The van der Waals surface area contributed by atoms with E-state index in [0.29, 0.717) is 24.4 Å². The molecule has 0 aliphatic carbocycles. The predicted octanol–water partition coefficient (Wildman–Crippen LogP) is 1.75. The van der Waals surface area contributed by atoms with E-state index in [2.05, 4.69) is 10.3 Å². The van der Waals surface area contributed by atoms with E-state index >= 15 is 0 Å². The highest BCUT2D eigenvalue weighted by atomic mass is 35.5. The first-order valence-electron chi connectivity index (χ1n) is 6.71. The minimum Gasteiger partial charge on any atom is -0.344 e. The molecule has 1 N–H and O–H groups in total. The van der Waals surface area contributed by atoms with Gasteiger partial charge in [0.1, 0.15) is 6.04 Å². The summed E-state index contributed by atoms with van der Waals surface area (Å²) in [4.78, 5) is 29.9. The molecule has 2 rings (SSSR count). The van der Waals surface area contributed by atoms with Crippen molar-refractivity contribution in [3.05, 3.63) is 29.0 Å². The van der Waals surface area contributed by atoms with E-state index in [1.165, 1.54) is 0 Å². The number of rotatable bonds is 3. The average molecular weight is 296 g/mol. The summed E-state index contributed by atoms with van der Waals surface area (Å²) in [5.41, 5.74) is 0.839. The Balaban J connectivity index is 2.25. The summed E-state index contributed by atoms with van der Waals surface area (Å²) in [6, 6.07) is 1.19. The maximum Gasteiger partial charge on any atom is 0.245 e. The smallest absolute Gasteiger partial charge is 0.245 e. The number of hydrogen-bond acceptors (Lipinski definition) is 3. The van der Waals surface area contributed by atoms with Crippen LogP contribution in [0, 0.1) is 0 Å². The Morgan fingerprint density at radius 3 is 2.90 bits per heavy atom. The fourth-order valence-electron chi connectivity index (χ4n) is 2.34. The molecule has 2 atom stereocenters. The minimum absolute atomic E-state index is 0.0567. The second kappa shape index (κ2) is 6.22. The average Bonchev–Trinajstić information content (AvgIpc) is 2.51. The van der Waals surface area contributed by atoms with Crippen molar-refractivity contribution in [2.24, 2.45) is 0 Å². The number of carbonyl (C=O) groups excluding carboxylic acids is 2. The van der Waals surface area contributed by atoms with E-state index in [4.69, 9.17) is 11.6 Å². The molecule has 0 aromatic carbocycles. The van der Waals surface area contributed by atoms with Crippen LogP contribution in [0.15, 0.2) is 18.5 Å². The van der Waals surface area contributed by atoms with Gasteiger partial charge in [-0.3, -0.25) is 14.6 Å². The molecule has 2 unspecified atom stereocenters. The SMILES string of the molecule is CCC1NC(=O)CC(C)N(Cc2ccncc2Cl)C1=O. The minimum atomic E-state index is -0.451. The molecule has 0 spiro atoms. The summed E-state index contributed by atoms with van der Waals surface area (Å²) in [7, 11) is 0. The molecule has 1 aliphatic heterocycles. The van der Waals surface area contributed by atoms with E-state index in [9.17, 15) is 9.59 Å². The van der Waals surface area contributed by atoms with Gasteiger partial charge in [0.25, 0.3) is 0 Å². The number of halogens is 1. The van der Waals surface area contributed by atoms with Gasteiger partial charge in [0, 0.05) is 31.4 Å². The van der Waals surface area contributed by atoms with Crippen molar-refractivity contribution in [2.75, 3.05) is 0 Å². The number of amides is 2. The number of hydrogen-bond donors (Lipinski definition) is 1. The third kappa shape index (κ3) is 3.10. The molecule has 1 fully saturated rings. The second-order valence-electron chi connectivity index (χ2n) is 5.01. The van der Waals surface area contributed by atoms with Crippen molar-refractivity contribution in [1.82, 2.24) is 15.2 Å². The lowest BCUT2D eigenvalue weighted by Gasteiger charge is -2.28. The van der Waals surface area contributed by atoms with Gasteiger partial charge in [-0.2, -0.15) is 0 Å². The van der Waals surface area contributed by atoms with E-state index in [1.807, 2.05) is 13.8 Å². The van der Waals surface area contributed by atoms with Crippen LogP contribution in [0.3, 0.4) is 0 Å².